The van der Waals surface area contributed by atoms with E-state index < -0.39 is 7.82 Å². The molecule has 1 N–H and O–H groups in total. The van der Waals surface area contributed by atoms with Gasteiger partial charge in [-0.1, -0.05) is 206 Å². The van der Waals surface area contributed by atoms with Crippen molar-refractivity contribution in [2.45, 2.75) is 219 Å². The molecule has 42 heavy (non-hydrogen) atoms. The Balaban J connectivity index is 0. The Kier molecular flexibility index (Phi) is 40.3. The molecule has 0 rings (SSSR count). The number of unbranched alkanes of at least 4 members (excludes halogenated alkanes) is 30. The summed E-state index contributed by atoms with van der Waals surface area (Å²) in [6, 6.07) is 0. The fourth-order valence-corrected chi connectivity index (χ4v) is 6.49. The second-order valence-corrected chi connectivity index (χ2v) is 14.2. The maximum absolute atomic E-state index is 12.0. The van der Waals surface area contributed by atoms with Crippen LogP contribution in [0.3, 0.4) is 0 Å². The van der Waals surface area contributed by atoms with E-state index >= 15 is 0 Å². The van der Waals surface area contributed by atoms with Gasteiger partial charge >= 0.3 is 7.82 Å². The van der Waals surface area contributed by atoms with Crippen LogP contribution in [0.2, 0.25) is 0 Å². The zero-order chi connectivity index (χ0) is 30.0. The summed E-state index contributed by atoms with van der Waals surface area (Å²) in [5, 5.41) is 0. The van der Waals surface area contributed by atoms with Crippen molar-refractivity contribution in [2.75, 3.05) is 13.2 Å². The Morgan fingerprint density at radius 1 is 0.357 bits per heavy atom. The van der Waals surface area contributed by atoms with Crippen molar-refractivity contribution < 1.29 is 35.6 Å². The fourth-order valence-electron chi connectivity index (χ4n) is 5.70. The van der Waals surface area contributed by atoms with Crippen molar-refractivity contribution in [3.63, 3.8) is 0 Å². The summed E-state index contributed by atoms with van der Waals surface area (Å²) in [6.07, 6.45) is 42.2. The molecule has 0 aliphatic heterocycles. The van der Waals surface area contributed by atoms with Gasteiger partial charge in [-0.15, -0.1) is 0 Å². The molecule has 0 bridgehead atoms. The van der Waals surface area contributed by atoms with E-state index in [1.165, 1.54) is 180 Å². The molecule has 0 aromatic carbocycles. The average molecular weight is 659 g/mol. The van der Waals surface area contributed by atoms with E-state index in [1.54, 1.807) is 0 Å². The first-order valence-electron chi connectivity index (χ1n) is 18.7. The zero-order valence-corrected chi connectivity index (χ0v) is 30.5. The summed E-state index contributed by atoms with van der Waals surface area (Å²) < 4.78 is 22.4. The molecule has 0 saturated heterocycles. The molecular weight excluding hydrogens is 583 g/mol. The molecule has 0 radical (unpaired) electrons. The Labute approximate surface area is 275 Å². The van der Waals surface area contributed by atoms with Crippen molar-refractivity contribution in [3.8, 4) is 0 Å². The molecule has 0 saturated carbocycles. The molecule has 4 nitrogen and oxygen atoms in total. The first-order chi connectivity index (χ1) is 20.1. The van der Waals surface area contributed by atoms with Crippen LogP contribution in [-0.4, -0.2) is 18.1 Å². The van der Waals surface area contributed by atoms with E-state index in [4.69, 9.17) is 9.05 Å². The summed E-state index contributed by atoms with van der Waals surface area (Å²) >= 11 is 0. The van der Waals surface area contributed by atoms with Crippen molar-refractivity contribution in [3.05, 3.63) is 0 Å². The quantitative estimate of drug-likeness (QED) is 0.0413. The molecule has 0 heterocycles. The van der Waals surface area contributed by atoms with Gasteiger partial charge in [-0.25, -0.2) is 4.57 Å². The molecule has 0 spiro atoms. The van der Waals surface area contributed by atoms with Gasteiger partial charge in [0.15, 0.2) is 0 Å². The number of hydrogen-bond donors (Lipinski definition) is 1. The van der Waals surface area contributed by atoms with Gasteiger partial charge < -0.3 is 4.89 Å². The maximum atomic E-state index is 12.0. The molecule has 0 aromatic rings. The Morgan fingerprint density at radius 2 is 0.524 bits per heavy atom. The topological polar surface area (TPSA) is 55.8 Å². The van der Waals surface area contributed by atoms with Gasteiger partial charge in [0.05, 0.1) is 13.2 Å². The molecule has 6 heteroatoms. The molecule has 0 atom stereocenters. The van der Waals surface area contributed by atoms with E-state index in [1.807, 2.05) is 0 Å². The van der Waals surface area contributed by atoms with Crippen LogP contribution in [-0.2, 0) is 30.7 Å². The molecule has 0 aromatic heterocycles. The van der Waals surface area contributed by atoms with Crippen LogP contribution in [0.4, 0.5) is 0 Å². The Bertz CT molecular complexity index is 493. The van der Waals surface area contributed by atoms with Crippen LogP contribution in [0.15, 0.2) is 0 Å². The molecule has 0 aliphatic rings. The second-order valence-electron chi connectivity index (χ2n) is 12.7. The molecule has 0 aliphatic carbocycles. The third kappa shape index (κ3) is 38.7. The Morgan fingerprint density at radius 3 is 0.714 bits per heavy atom. The zero-order valence-electron chi connectivity index (χ0n) is 28.5. The number of rotatable bonds is 36. The third-order valence-corrected chi connectivity index (χ3v) is 9.52. The van der Waals surface area contributed by atoms with Crippen LogP contribution >= 0.6 is 7.82 Å². The summed E-state index contributed by atoms with van der Waals surface area (Å²) in [5.74, 6) is 0. The smallest absolute Gasteiger partial charge is 0.302 e. The van der Waals surface area contributed by atoms with E-state index in [0.29, 0.717) is 13.2 Å². The van der Waals surface area contributed by atoms with Crippen molar-refractivity contribution in [1.82, 2.24) is 0 Å². The maximum Gasteiger partial charge on any atom is 0.472 e. The van der Waals surface area contributed by atoms with Gasteiger partial charge in [-0.2, -0.15) is 0 Å². The second kappa shape index (κ2) is 37.8. The fraction of sp³-hybridized carbons (Fsp3) is 1.00. The first-order valence-corrected chi connectivity index (χ1v) is 20.2. The minimum absolute atomic E-state index is 0. The van der Waals surface area contributed by atoms with Crippen LogP contribution < -0.4 is 0 Å². The molecule has 0 unspecified atom stereocenters. The SMILES string of the molecule is CCCCCCCCCCCCCCCCCCOP(=O)(O)OCCCCCCCCCCCCCCCCCC.[Fe]. The van der Waals surface area contributed by atoms with Crippen LogP contribution in [0.1, 0.15) is 219 Å². The van der Waals surface area contributed by atoms with E-state index in [9.17, 15) is 9.46 Å². The molecule has 0 fully saturated rings. The van der Waals surface area contributed by atoms with Crippen LogP contribution in [0.25, 0.3) is 0 Å². The summed E-state index contributed by atoms with van der Waals surface area (Å²) in [6.45, 7) is 5.21. The minimum Gasteiger partial charge on any atom is -0.302 e. The van der Waals surface area contributed by atoms with E-state index in [0.717, 1.165) is 25.7 Å². The molecule has 256 valence electrons. The number of hydrogen-bond acceptors (Lipinski definition) is 3. The molecule has 0 amide bonds. The van der Waals surface area contributed by atoms with E-state index in [-0.39, 0.29) is 17.1 Å². The number of phosphoric ester groups is 1. The standard InChI is InChI=1S/C36H75O4P.Fe/c1-3-5-7-9-11-13-15-17-19-21-23-25-27-29-31-33-35-39-41(37,38)40-36-34-32-30-28-26-24-22-20-18-16-14-12-10-8-6-4-2;/h3-36H2,1-2H3,(H,37,38);. The van der Waals surface area contributed by atoms with Gasteiger partial charge in [-0.05, 0) is 12.8 Å². The molecular formula is C36H75FeO4P. The van der Waals surface area contributed by atoms with Crippen LogP contribution in [0.5, 0.6) is 0 Å². The largest absolute Gasteiger partial charge is 0.472 e. The van der Waals surface area contributed by atoms with Crippen LogP contribution in [0, 0.1) is 0 Å². The summed E-state index contributed by atoms with van der Waals surface area (Å²) in [5.41, 5.74) is 0. The van der Waals surface area contributed by atoms with Gasteiger partial charge in [-0.3, -0.25) is 9.05 Å². The van der Waals surface area contributed by atoms with Crippen molar-refractivity contribution in [1.29, 1.82) is 0 Å². The third-order valence-electron chi connectivity index (χ3n) is 8.50. The predicted octanol–water partition coefficient (Wildman–Crippen LogP) is 13.6. The Hall–Kier alpha value is 0.629. The predicted molar refractivity (Wildman–Crippen MR) is 181 cm³/mol. The first kappa shape index (κ1) is 44.8. The van der Waals surface area contributed by atoms with Gasteiger partial charge in [0.1, 0.15) is 0 Å². The summed E-state index contributed by atoms with van der Waals surface area (Å²) in [7, 11) is -3.87. The van der Waals surface area contributed by atoms with E-state index in [2.05, 4.69) is 13.8 Å². The monoisotopic (exact) mass is 658 g/mol. The average Bonchev–Trinajstić information content (AvgIpc) is 2.96. The van der Waals surface area contributed by atoms with Crippen molar-refractivity contribution in [2.24, 2.45) is 0 Å². The van der Waals surface area contributed by atoms with Gasteiger partial charge in [0.2, 0.25) is 0 Å². The van der Waals surface area contributed by atoms with Gasteiger partial charge in [0, 0.05) is 17.1 Å². The van der Waals surface area contributed by atoms with Gasteiger partial charge in [0.25, 0.3) is 0 Å². The number of phosphoric acid groups is 1. The normalized spacial score (nSPS) is 11.7. The van der Waals surface area contributed by atoms with Crippen molar-refractivity contribution >= 4 is 7.82 Å². The summed E-state index contributed by atoms with van der Waals surface area (Å²) in [4.78, 5) is 9.88. The minimum atomic E-state index is -3.87.